The van der Waals surface area contributed by atoms with E-state index in [-0.39, 0.29) is 36.0 Å². The number of anilines is 2. The second kappa shape index (κ2) is 13.2. The van der Waals surface area contributed by atoms with E-state index >= 15 is 4.79 Å². The van der Waals surface area contributed by atoms with Crippen LogP contribution in [0.1, 0.15) is 35.4 Å². The second-order valence-electron chi connectivity index (χ2n) is 13.9. The van der Waals surface area contributed by atoms with Gasteiger partial charge in [-0.15, -0.1) is 0 Å². The summed E-state index contributed by atoms with van der Waals surface area (Å²) in [4.78, 5) is 60.3. The number of hydrogen-bond acceptors (Lipinski definition) is 8. The van der Waals surface area contributed by atoms with Crippen molar-refractivity contribution in [1.82, 2.24) is 5.01 Å². The number of methoxy groups -OCH3 is 2. The lowest BCUT2D eigenvalue weighted by molar-refractivity contribution is -0.138. The molecule has 2 N–H and O–H groups in total. The molecule has 4 amide bonds. The van der Waals surface area contributed by atoms with E-state index in [0.29, 0.717) is 33.1 Å². The van der Waals surface area contributed by atoms with Gasteiger partial charge in [0.1, 0.15) is 23.1 Å². The monoisotopic (exact) mass is 747 g/mol. The van der Waals surface area contributed by atoms with Gasteiger partial charge in [0, 0.05) is 28.6 Å². The molecule has 8 rings (SSSR count). The van der Waals surface area contributed by atoms with Gasteiger partial charge in [-0.1, -0.05) is 60.2 Å². The molecule has 4 aromatic carbocycles. The quantitative estimate of drug-likeness (QED) is 0.145. The van der Waals surface area contributed by atoms with Gasteiger partial charge >= 0.3 is 0 Å². The van der Waals surface area contributed by atoms with Crippen LogP contribution in [0.5, 0.6) is 17.2 Å². The highest BCUT2D eigenvalue weighted by Crippen LogP contribution is 2.66. The number of benzene rings is 4. The Morgan fingerprint density at radius 2 is 1.54 bits per heavy atom. The van der Waals surface area contributed by atoms with E-state index in [1.54, 1.807) is 54.6 Å². The smallest absolute Gasteiger partial charge is 0.260 e. The summed E-state index contributed by atoms with van der Waals surface area (Å²) in [5.41, 5.74) is 4.33. The zero-order valence-corrected chi connectivity index (χ0v) is 30.0. The molecule has 54 heavy (non-hydrogen) atoms. The molecule has 2 heterocycles. The number of carbonyl (C=O) groups excluding carboxylic acids is 4. The third kappa shape index (κ3) is 5.13. The minimum Gasteiger partial charge on any atom is -0.508 e. The third-order valence-corrected chi connectivity index (χ3v) is 11.7. The Hall–Kier alpha value is -5.94. The van der Waals surface area contributed by atoms with Crippen LogP contribution in [0, 0.1) is 29.5 Å². The SMILES string of the molecule is C=Cc1ccc(N2C(=O)[C@H]3[C@H](CC=C4[C@H]3C[C@H]3C(=O)N(Nc5ccc(F)cc5)C(=O)[C@@]3(c3ccc(Cl)cc3)[C@H]4c3c(OC)cc(O)cc3OC)C2=O)cc1. The van der Waals surface area contributed by atoms with Gasteiger partial charge in [0.05, 0.1) is 48.8 Å². The van der Waals surface area contributed by atoms with E-state index in [2.05, 4.69) is 12.0 Å². The Morgan fingerprint density at radius 1 is 0.889 bits per heavy atom. The zero-order chi connectivity index (χ0) is 38.1. The van der Waals surface area contributed by atoms with Gasteiger partial charge in [0.15, 0.2) is 0 Å². The maximum Gasteiger partial charge on any atom is 0.260 e. The van der Waals surface area contributed by atoms with Crippen molar-refractivity contribution in [2.45, 2.75) is 24.2 Å². The number of nitrogens with one attached hydrogen (secondary N) is 1. The molecule has 2 aliphatic carbocycles. The number of phenols is 1. The first-order valence-corrected chi connectivity index (χ1v) is 17.8. The Bertz CT molecular complexity index is 2230. The number of hydrogen-bond donors (Lipinski definition) is 2. The van der Waals surface area contributed by atoms with E-state index in [1.807, 2.05) is 6.08 Å². The first-order valence-electron chi connectivity index (χ1n) is 17.4. The predicted molar refractivity (Wildman–Crippen MR) is 199 cm³/mol. The normalized spacial score (nSPS) is 25.9. The van der Waals surface area contributed by atoms with Crippen LogP contribution >= 0.6 is 11.6 Å². The molecule has 1 saturated carbocycles. The summed E-state index contributed by atoms with van der Waals surface area (Å²) in [6, 6.07) is 21.8. The minimum atomic E-state index is -1.67. The van der Waals surface area contributed by atoms with E-state index in [0.717, 1.165) is 10.6 Å². The summed E-state index contributed by atoms with van der Waals surface area (Å²) in [6.07, 6.45) is 3.83. The lowest BCUT2D eigenvalue weighted by Gasteiger charge is -2.51. The average Bonchev–Trinajstić information content (AvgIpc) is 3.56. The van der Waals surface area contributed by atoms with Crippen molar-refractivity contribution in [3.63, 3.8) is 0 Å². The Balaban J connectivity index is 1.36. The fourth-order valence-electron chi connectivity index (χ4n) is 9.19. The molecule has 0 spiro atoms. The number of nitrogens with zero attached hydrogens (tertiary/aromatic N) is 2. The first kappa shape index (κ1) is 35.1. The number of carbonyl (C=O) groups is 4. The summed E-state index contributed by atoms with van der Waals surface area (Å²) in [5, 5.41) is 12.1. The minimum absolute atomic E-state index is 0.0449. The molecule has 0 radical (unpaired) electrons. The van der Waals surface area contributed by atoms with Crippen LogP contribution in [0.2, 0.25) is 5.02 Å². The molecule has 0 bridgehead atoms. The van der Waals surface area contributed by atoms with Crippen molar-refractivity contribution in [2.24, 2.45) is 23.7 Å². The van der Waals surface area contributed by atoms with Gasteiger partial charge in [0.25, 0.3) is 11.8 Å². The summed E-state index contributed by atoms with van der Waals surface area (Å²) in [6.45, 7) is 3.79. The number of phenolic OH excluding ortho intramolecular Hbond substituents is 1. The number of halogens is 2. The molecule has 4 aromatic rings. The van der Waals surface area contributed by atoms with Crippen molar-refractivity contribution in [3.05, 3.63) is 131 Å². The molecule has 4 aliphatic rings. The molecule has 12 heteroatoms. The Labute approximate surface area is 315 Å². The molecule has 10 nitrogen and oxygen atoms in total. The van der Waals surface area contributed by atoms with Gasteiger partial charge in [-0.2, -0.15) is 5.01 Å². The highest BCUT2D eigenvalue weighted by molar-refractivity contribution is 6.30. The number of imide groups is 2. The molecule has 3 fully saturated rings. The molecule has 0 unspecified atom stereocenters. The summed E-state index contributed by atoms with van der Waals surface area (Å²) < 4.78 is 25.7. The number of amides is 4. The fourth-order valence-corrected chi connectivity index (χ4v) is 9.32. The van der Waals surface area contributed by atoms with Gasteiger partial charge in [0.2, 0.25) is 11.8 Å². The highest BCUT2D eigenvalue weighted by Gasteiger charge is 2.71. The van der Waals surface area contributed by atoms with Gasteiger partial charge in [-0.25, -0.2) is 4.39 Å². The maximum absolute atomic E-state index is 15.4. The number of fused-ring (bicyclic) bond motifs is 4. The fraction of sp³-hybridized carbons (Fsp3) is 0.238. The number of rotatable bonds is 8. The van der Waals surface area contributed by atoms with E-state index < -0.39 is 58.5 Å². The molecular weight excluding hydrogens is 713 g/mol. The number of aromatic hydroxyl groups is 1. The Morgan fingerprint density at radius 3 is 2.15 bits per heavy atom. The van der Waals surface area contributed by atoms with Crippen LogP contribution < -0.4 is 19.8 Å². The number of hydrazine groups is 1. The first-order chi connectivity index (χ1) is 26.0. The van der Waals surface area contributed by atoms with Gasteiger partial charge < -0.3 is 14.6 Å². The molecule has 274 valence electrons. The number of ether oxygens (including phenoxy) is 2. The second-order valence-corrected chi connectivity index (χ2v) is 14.4. The maximum atomic E-state index is 15.4. The average molecular weight is 748 g/mol. The van der Waals surface area contributed by atoms with Crippen molar-refractivity contribution in [1.29, 1.82) is 0 Å². The van der Waals surface area contributed by atoms with Gasteiger partial charge in [-0.05, 0) is 78.4 Å². The number of allylic oxidation sites excluding steroid dienone is 2. The summed E-state index contributed by atoms with van der Waals surface area (Å²) in [5.74, 6) is -6.50. The lowest BCUT2D eigenvalue weighted by atomic mass is 9.49. The van der Waals surface area contributed by atoms with Crippen LogP contribution in [0.15, 0.2) is 103 Å². The van der Waals surface area contributed by atoms with Crippen molar-refractivity contribution < 1.29 is 38.1 Å². The molecule has 2 saturated heterocycles. The summed E-state index contributed by atoms with van der Waals surface area (Å²) in [7, 11) is 2.85. The summed E-state index contributed by atoms with van der Waals surface area (Å²) >= 11 is 6.39. The van der Waals surface area contributed by atoms with Crippen molar-refractivity contribution in [3.8, 4) is 17.2 Å². The molecular formula is C42H35ClFN3O7. The topological polar surface area (TPSA) is 125 Å². The van der Waals surface area contributed by atoms with Crippen LogP contribution in [0.3, 0.4) is 0 Å². The van der Waals surface area contributed by atoms with Crippen LogP contribution in [-0.2, 0) is 24.6 Å². The van der Waals surface area contributed by atoms with Gasteiger partial charge in [-0.3, -0.25) is 29.5 Å². The van der Waals surface area contributed by atoms with E-state index in [9.17, 15) is 23.9 Å². The standard InChI is InChI=1S/C42H35ClFN3O7/c1-4-22-5-15-27(16-6-22)46-38(49)30-18-17-29-31(35(30)40(46)51)21-32-39(50)47(45-26-13-11-25(44)12-14-26)41(52)42(32,23-7-9-24(43)10-8-23)37(29)36-33(53-2)19-28(48)20-34(36)54-3/h4-17,19-20,30-32,35,37,45,48H,1,18,21H2,2-3H3/t30-,31+,32-,35-,37+,42+/m0/s1. The van der Waals surface area contributed by atoms with Crippen molar-refractivity contribution in [2.75, 3.05) is 24.5 Å². The third-order valence-electron chi connectivity index (χ3n) is 11.5. The highest BCUT2D eigenvalue weighted by atomic mass is 35.5. The van der Waals surface area contributed by atoms with E-state index in [1.165, 1.54) is 55.5 Å². The van der Waals surface area contributed by atoms with Crippen molar-refractivity contribution >= 4 is 52.7 Å². The molecule has 2 aliphatic heterocycles. The lowest BCUT2D eigenvalue weighted by Crippen LogP contribution is -2.53. The zero-order valence-electron chi connectivity index (χ0n) is 29.3. The molecule has 0 aromatic heterocycles. The van der Waals surface area contributed by atoms with Crippen LogP contribution in [-0.4, -0.2) is 48.0 Å². The molecule has 6 atom stereocenters. The largest absolute Gasteiger partial charge is 0.508 e. The Kier molecular flexibility index (Phi) is 8.56. The van der Waals surface area contributed by atoms with Crippen LogP contribution in [0.4, 0.5) is 15.8 Å². The van der Waals surface area contributed by atoms with E-state index in [4.69, 9.17) is 21.1 Å². The predicted octanol–water partition coefficient (Wildman–Crippen LogP) is 7.03. The van der Waals surface area contributed by atoms with Crippen LogP contribution in [0.25, 0.3) is 6.08 Å².